The summed E-state index contributed by atoms with van der Waals surface area (Å²) in [5, 5.41) is 20.2. The zero-order chi connectivity index (χ0) is 13.1. The average Bonchev–Trinajstić information content (AvgIpc) is 2.73. The Morgan fingerprint density at radius 3 is 2.94 bits per heavy atom. The molecule has 0 radical (unpaired) electrons. The van der Waals surface area contributed by atoms with Crippen LogP contribution in [-0.2, 0) is 16.0 Å². The third-order valence-corrected chi connectivity index (χ3v) is 3.35. The van der Waals surface area contributed by atoms with Crippen molar-refractivity contribution in [2.24, 2.45) is 5.92 Å². The molecule has 2 rings (SSSR count). The number of hydrogen-bond acceptors (Lipinski definition) is 5. The lowest BCUT2D eigenvalue weighted by Crippen LogP contribution is -2.33. The molecule has 18 heavy (non-hydrogen) atoms. The minimum absolute atomic E-state index is 0.348. The number of nitrogens with zero attached hydrogens (tertiary/aromatic N) is 4. The number of ether oxygens (including phenoxy) is 1. The summed E-state index contributed by atoms with van der Waals surface area (Å²) in [6.07, 6.45) is 3.07. The second-order valence-corrected chi connectivity index (χ2v) is 4.67. The fourth-order valence-electron chi connectivity index (χ4n) is 2.22. The largest absolute Gasteiger partial charge is 0.480 e. The Hall–Kier alpha value is -1.50. The molecule has 0 bridgehead atoms. The lowest BCUT2D eigenvalue weighted by Gasteiger charge is -2.34. The first-order valence-electron chi connectivity index (χ1n) is 6.23. The monoisotopic (exact) mass is 254 g/mol. The average molecular weight is 254 g/mol. The SMILES string of the molecule is CCOC1CC(Cc2nnnn2C(C)C(=O)O)C1. The fourth-order valence-corrected chi connectivity index (χ4v) is 2.22. The van der Waals surface area contributed by atoms with Crippen molar-refractivity contribution in [1.29, 1.82) is 0 Å². The van der Waals surface area contributed by atoms with Crippen molar-refractivity contribution in [3.05, 3.63) is 5.82 Å². The van der Waals surface area contributed by atoms with Crippen LogP contribution in [0.5, 0.6) is 0 Å². The summed E-state index contributed by atoms with van der Waals surface area (Å²) in [6.45, 7) is 4.31. The molecule has 0 saturated heterocycles. The first-order chi connectivity index (χ1) is 8.61. The topological polar surface area (TPSA) is 90.1 Å². The summed E-state index contributed by atoms with van der Waals surface area (Å²) in [5.41, 5.74) is 0. The highest BCUT2D eigenvalue weighted by molar-refractivity contribution is 5.71. The van der Waals surface area contributed by atoms with Crippen molar-refractivity contribution < 1.29 is 14.6 Å². The molecular formula is C11H18N4O3. The van der Waals surface area contributed by atoms with Crippen LogP contribution in [-0.4, -0.2) is 44.0 Å². The summed E-state index contributed by atoms with van der Waals surface area (Å²) in [5.74, 6) is 0.210. The molecule has 7 nitrogen and oxygen atoms in total. The Bertz CT molecular complexity index is 414. The van der Waals surface area contributed by atoms with Gasteiger partial charge >= 0.3 is 5.97 Å². The molecule has 0 aromatic carbocycles. The lowest BCUT2D eigenvalue weighted by molar-refractivity contribution is -0.140. The molecule has 7 heteroatoms. The minimum Gasteiger partial charge on any atom is -0.480 e. The lowest BCUT2D eigenvalue weighted by atomic mass is 9.80. The van der Waals surface area contributed by atoms with E-state index < -0.39 is 12.0 Å². The number of aliphatic carboxylic acids is 1. The van der Waals surface area contributed by atoms with E-state index in [1.54, 1.807) is 6.92 Å². The van der Waals surface area contributed by atoms with E-state index in [4.69, 9.17) is 9.84 Å². The summed E-state index contributed by atoms with van der Waals surface area (Å²) < 4.78 is 6.88. The van der Waals surface area contributed by atoms with Gasteiger partial charge in [-0.15, -0.1) is 5.10 Å². The quantitative estimate of drug-likeness (QED) is 0.802. The molecule has 100 valence electrons. The molecule has 1 unspecified atom stereocenters. The second-order valence-electron chi connectivity index (χ2n) is 4.67. The maximum Gasteiger partial charge on any atom is 0.328 e. The van der Waals surface area contributed by atoms with Crippen molar-refractivity contribution >= 4 is 5.97 Å². The molecule has 1 fully saturated rings. The van der Waals surface area contributed by atoms with Crippen LogP contribution in [0.2, 0.25) is 0 Å². The number of hydrogen-bond donors (Lipinski definition) is 1. The van der Waals surface area contributed by atoms with Gasteiger partial charge in [0.1, 0.15) is 6.04 Å². The first kappa shape index (κ1) is 12.9. The third kappa shape index (κ3) is 2.66. The molecule has 1 aliphatic carbocycles. The van der Waals surface area contributed by atoms with Gasteiger partial charge in [-0.3, -0.25) is 0 Å². The highest BCUT2D eigenvalue weighted by atomic mass is 16.5. The van der Waals surface area contributed by atoms with Gasteiger partial charge in [-0.05, 0) is 43.0 Å². The molecule has 1 atom stereocenters. The van der Waals surface area contributed by atoms with Crippen molar-refractivity contribution in [2.75, 3.05) is 6.61 Å². The molecule has 1 aromatic heterocycles. The number of carbonyl (C=O) groups is 1. The number of carboxylic acid groups (broad SMARTS) is 1. The van der Waals surface area contributed by atoms with Crippen LogP contribution < -0.4 is 0 Å². The van der Waals surface area contributed by atoms with Crippen LogP contribution in [0.15, 0.2) is 0 Å². The van der Waals surface area contributed by atoms with Crippen molar-refractivity contribution in [3.63, 3.8) is 0 Å². The predicted octanol–water partition coefficient (Wildman–Crippen LogP) is 0.676. The van der Waals surface area contributed by atoms with E-state index in [1.807, 2.05) is 6.92 Å². The van der Waals surface area contributed by atoms with Crippen LogP contribution in [0.3, 0.4) is 0 Å². The van der Waals surface area contributed by atoms with Gasteiger partial charge in [0.25, 0.3) is 0 Å². The number of aromatic nitrogens is 4. The number of tetrazole rings is 1. The Kier molecular flexibility index (Phi) is 3.90. The van der Waals surface area contributed by atoms with Crippen LogP contribution in [0.25, 0.3) is 0 Å². The standard InChI is InChI=1S/C11H18N4O3/c1-3-18-9-4-8(5-9)6-10-12-13-14-15(10)7(2)11(16)17/h7-9H,3-6H2,1-2H3,(H,16,17). The van der Waals surface area contributed by atoms with Gasteiger partial charge in [0.15, 0.2) is 5.82 Å². The maximum atomic E-state index is 10.9. The van der Waals surface area contributed by atoms with Gasteiger partial charge in [-0.25, -0.2) is 9.48 Å². The van der Waals surface area contributed by atoms with Crippen molar-refractivity contribution in [3.8, 4) is 0 Å². The van der Waals surface area contributed by atoms with Crippen LogP contribution in [0.1, 0.15) is 38.6 Å². The number of rotatable bonds is 6. The highest BCUT2D eigenvalue weighted by Crippen LogP contribution is 2.32. The normalized spacial score (nSPS) is 24.6. The third-order valence-electron chi connectivity index (χ3n) is 3.35. The molecule has 1 aromatic rings. The smallest absolute Gasteiger partial charge is 0.328 e. The molecular weight excluding hydrogens is 236 g/mol. The summed E-state index contributed by atoms with van der Waals surface area (Å²) >= 11 is 0. The van der Waals surface area contributed by atoms with Gasteiger partial charge in [-0.2, -0.15) is 0 Å². The molecule has 1 saturated carbocycles. The zero-order valence-electron chi connectivity index (χ0n) is 10.6. The molecule has 1 N–H and O–H groups in total. The Labute approximate surface area is 105 Å². The summed E-state index contributed by atoms with van der Waals surface area (Å²) in [6, 6.07) is -0.724. The maximum absolute atomic E-state index is 10.9. The fraction of sp³-hybridized carbons (Fsp3) is 0.818. The second kappa shape index (κ2) is 5.43. The first-order valence-corrected chi connectivity index (χ1v) is 6.23. The Morgan fingerprint density at radius 1 is 1.61 bits per heavy atom. The van der Waals surface area contributed by atoms with E-state index in [-0.39, 0.29) is 0 Å². The van der Waals surface area contributed by atoms with Crippen molar-refractivity contribution in [1.82, 2.24) is 20.2 Å². The molecule has 0 amide bonds. The zero-order valence-corrected chi connectivity index (χ0v) is 10.6. The van der Waals surface area contributed by atoms with Crippen LogP contribution >= 0.6 is 0 Å². The Balaban J connectivity index is 1.91. The van der Waals surface area contributed by atoms with E-state index >= 15 is 0 Å². The summed E-state index contributed by atoms with van der Waals surface area (Å²) in [7, 11) is 0. The van der Waals surface area contributed by atoms with E-state index in [0.717, 1.165) is 19.4 Å². The van der Waals surface area contributed by atoms with E-state index in [2.05, 4.69) is 15.5 Å². The molecule has 1 heterocycles. The summed E-state index contributed by atoms with van der Waals surface area (Å²) in [4.78, 5) is 10.9. The van der Waals surface area contributed by atoms with Gasteiger partial charge in [0.05, 0.1) is 6.10 Å². The Morgan fingerprint density at radius 2 is 2.33 bits per heavy atom. The van der Waals surface area contributed by atoms with Gasteiger partial charge in [-0.1, -0.05) is 0 Å². The van der Waals surface area contributed by atoms with Crippen LogP contribution in [0, 0.1) is 5.92 Å². The molecule has 0 aliphatic heterocycles. The number of carboxylic acids is 1. The van der Waals surface area contributed by atoms with Gasteiger partial charge < -0.3 is 9.84 Å². The van der Waals surface area contributed by atoms with Gasteiger partial charge in [0.2, 0.25) is 0 Å². The predicted molar refractivity (Wildman–Crippen MR) is 62.0 cm³/mol. The minimum atomic E-state index is -0.927. The van der Waals surface area contributed by atoms with Crippen molar-refractivity contribution in [2.45, 2.75) is 45.3 Å². The van der Waals surface area contributed by atoms with E-state index in [1.165, 1.54) is 4.68 Å². The van der Waals surface area contributed by atoms with Gasteiger partial charge in [0, 0.05) is 13.0 Å². The van der Waals surface area contributed by atoms with E-state index in [9.17, 15) is 4.79 Å². The highest BCUT2D eigenvalue weighted by Gasteiger charge is 2.31. The van der Waals surface area contributed by atoms with Crippen LogP contribution in [0.4, 0.5) is 0 Å². The van der Waals surface area contributed by atoms with E-state index in [0.29, 0.717) is 24.3 Å². The molecule has 1 aliphatic rings. The molecule has 0 spiro atoms.